The highest BCUT2D eigenvalue weighted by Crippen LogP contribution is 2.26. The Balaban J connectivity index is 0.00000220. The minimum atomic E-state index is -0.0864. The Morgan fingerprint density at radius 1 is 1.52 bits per heavy atom. The predicted molar refractivity (Wildman–Crippen MR) is 95.2 cm³/mol. The standard InChI is InChI=1S/C12H14Br2N4OS.ClH/c1-18-9(5-8(13)10(18)14)11(19)16-4-2-3-7-6-20-12(15)17-7;/h5-6H,2-4H2,1H3,(H2,15,17)(H,16,19);1H. The zero-order valence-corrected chi connectivity index (χ0v) is 16.0. The molecule has 5 nitrogen and oxygen atoms in total. The monoisotopic (exact) mass is 456 g/mol. The van der Waals surface area contributed by atoms with Gasteiger partial charge in [0.2, 0.25) is 0 Å². The summed E-state index contributed by atoms with van der Waals surface area (Å²) in [6.07, 6.45) is 1.65. The summed E-state index contributed by atoms with van der Waals surface area (Å²) in [7, 11) is 1.84. The Bertz CT molecular complexity index is 629. The van der Waals surface area contributed by atoms with E-state index in [0.29, 0.717) is 17.4 Å². The molecule has 0 aliphatic rings. The van der Waals surface area contributed by atoms with E-state index in [9.17, 15) is 4.79 Å². The third kappa shape index (κ3) is 4.70. The number of rotatable bonds is 5. The average Bonchev–Trinajstić information content (AvgIpc) is 2.94. The summed E-state index contributed by atoms with van der Waals surface area (Å²) in [6.45, 7) is 0.608. The van der Waals surface area contributed by atoms with Crippen LogP contribution in [-0.4, -0.2) is 22.0 Å². The van der Waals surface area contributed by atoms with Gasteiger partial charge in [0.25, 0.3) is 5.91 Å². The first kappa shape index (κ1) is 18.5. The number of carbonyl (C=O) groups is 1. The molecule has 1 amide bonds. The maximum atomic E-state index is 12.0. The lowest BCUT2D eigenvalue weighted by Crippen LogP contribution is -2.26. The highest BCUT2D eigenvalue weighted by atomic mass is 79.9. The topological polar surface area (TPSA) is 72.9 Å². The fourth-order valence-corrected chi connectivity index (χ4v) is 3.15. The molecule has 116 valence electrons. The van der Waals surface area contributed by atoms with Crippen LogP contribution in [0.4, 0.5) is 5.13 Å². The number of nitrogen functional groups attached to an aromatic ring is 1. The van der Waals surface area contributed by atoms with Gasteiger partial charge in [0, 0.05) is 19.0 Å². The highest BCUT2D eigenvalue weighted by Gasteiger charge is 2.14. The first-order chi connectivity index (χ1) is 9.49. The molecule has 2 aromatic heterocycles. The summed E-state index contributed by atoms with van der Waals surface area (Å²) in [5.41, 5.74) is 7.16. The summed E-state index contributed by atoms with van der Waals surface area (Å²) in [4.78, 5) is 16.2. The number of nitrogens with two attached hydrogens (primary N) is 1. The molecule has 0 bridgehead atoms. The molecule has 0 unspecified atom stereocenters. The van der Waals surface area contributed by atoms with E-state index >= 15 is 0 Å². The van der Waals surface area contributed by atoms with Crippen molar-refractivity contribution in [3.8, 4) is 0 Å². The van der Waals surface area contributed by atoms with Crippen molar-refractivity contribution in [2.24, 2.45) is 7.05 Å². The van der Waals surface area contributed by atoms with Crippen LogP contribution < -0.4 is 11.1 Å². The maximum Gasteiger partial charge on any atom is 0.267 e. The Morgan fingerprint density at radius 2 is 2.24 bits per heavy atom. The van der Waals surface area contributed by atoms with Crippen LogP contribution in [0.1, 0.15) is 22.6 Å². The van der Waals surface area contributed by atoms with Crippen molar-refractivity contribution in [2.75, 3.05) is 12.3 Å². The molecule has 0 saturated carbocycles. The Morgan fingerprint density at radius 3 is 2.76 bits per heavy atom. The van der Waals surface area contributed by atoms with Gasteiger partial charge in [-0.25, -0.2) is 4.98 Å². The molecule has 0 fully saturated rings. The SMILES string of the molecule is Cl.Cn1c(C(=O)NCCCc2csc(N)n2)cc(Br)c1Br. The number of hydrogen-bond acceptors (Lipinski definition) is 4. The van der Waals surface area contributed by atoms with Crippen molar-refractivity contribution in [1.82, 2.24) is 14.9 Å². The van der Waals surface area contributed by atoms with Crippen LogP contribution in [0.3, 0.4) is 0 Å². The van der Waals surface area contributed by atoms with Crippen molar-refractivity contribution in [2.45, 2.75) is 12.8 Å². The number of halogens is 3. The molecule has 0 aliphatic carbocycles. The third-order valence-electron chi connectivity index (χ3n) is 2.81. The fourth-order valence-electron chi connectivity index (χ4n) is 1.76. The molecular formula is C12H15Br2ClN4OS. The van der Waals surface area contributed by atoms with Crippen LogP contribution in [-0.2, 0) is 13.5 Å². The van der Waals surface area contributed by atoms with Gasteiger partial charge in [0.1, 0.15) is 5.69 Å². The molecule has 2 aromatic rings. The highest BCUT2D eigenvalue weighted by molar-refractivity contribution is 9.13. The second-order valence-corrected chi connectivity index (χ2v) is 6.76. The normalized spacial score (nSPS) is 10.2. The van der Waals surface area contributed by atoms with Crippen LogP contribution in [0.2, 0.25) is 0 Å². The zero-order valence-electron chi connectivity index (χ0n) is 11.2. The number of thiazole rings is 1. The van der Waals surface area contributed by atoms with Crippen molar-refractivity contribution in [3.63, 3.8) is 0 Å². The third-order valence-corrected chi connectivity index (χ3v) is 5.63. The van der Waals surface area contributed by atoms with E-state index in [2.05, 4.69) is 42.2 Å². The first-order valence-electron chi connectivity index (χ1n) is 5.98. The number of amides is 1. The lowest BCUT2D eigenvalue weighted by Gasteiger charge is -2.06. The largest absolute Gasteiger partial charge is 0.375 e. The maximum absolute atomic E-state index is 12.0. The van der Waals surface area contributed by atoms with E-state index in [0.717, 1.165) is 27.6 Å². The molecule has 0 aromatic carbocycles. The molecule has 0 radical (unpaired) electrons. The number of nitrogens with zero attached hydrogens (tertiary/aromatic N) is 2. The number of aryl methyl sites for hydroxylation is 1. The van der Waals surface area contributed by atoms with Gasteiger partial charge in [-0.1, -0.05) is 0 Å². The summed E-state index contributed by atoms with van der Waals surface area (Å²) in [6, 6.07) is 1.79. The van der Waals surface area contributed by atoms with Gasteiger partial charge in [0.05, 0.1) is 14.8 Å². The van der Waals surface area contributed by atoms with Gasteiger partial charge in [-0.05, 0) is 50.8 Å². The lowest BCUT2D eigenvalue weighted by molar-refractivity contribution is 0.0945. The number of anilines is 1. The van der Waals surface area contributed by atoms with Gasteiger partial charge in [-0.2, -0.15) is 0 Å². The Labute approximate surface area is 150 Å². The Kier molecular flexibility index (Phi) is 7.19. The van der Waals surface area contributed by atoms with Crippen molar-refractivity contribution < 1.29 is 4.79 Å². The molecule has 0 atom stereocenters. The lowest BCUT2D eigenvalue weighted by atomic mass is 10.2. The molecular weight excluding hydrogens is 443 g/mol. The quantitative estimate of drug-likeness (QED) is 0.675. The van der Waals surface area contributed by atoms with E-state index in [4.69, 9.17) is 5.73 Å². The van der Waals surface area contributed by atoms with E-state index in [1.807, 2.05) is 12.4 Å². The minimum absolute atomic E-state index is 0. The number of hydrogen-bond donors (Lipinski definition) is 2. The van der Waals surface area contributed by atoms with E-state index < -0.39 is 0 Å². The van der Waals surface area contributed by atoms with Gasteiger partial charge in [-0.15, -0.1) is 23.7 Å². The van der Waals surface area contributed by atoms with Crippen LogP contribution in [0, 0.1) is 0 Å². The van der Waals surface area contributed by atoms with E-state index in [-0.39, 0.29) is 18.3 Å². The molecule has 9 heteroatoms. The second kappa shape index (κ2) is 8.17. The molecule has 0 saturated heterocycles. The molecule has 21 heavy (non-hydrogen) atoms. The first-order valence-corrected chi connectivity index (χ1v) is 8.44. The smallest absolute Gasteiger partial charge is 0.267 e. The van der Waals surface area contributed by atoms with Crippen LogP contribution in [0.25, 0.3) is 0 Å². The molecule has 2 heterocycles. The van der Waals surface area contributed by atoms with Gasteiger partial charge in [0.15, 0.2) is 5.13 Å². The van der Waals surface area contributed by atoms with Crippen LogP contribution >= 0.6 is 55.6 Å². The number of aromatic nitrogens is 2. The predicted octanol–water partition coefficient (Wildman–Crippen LogP) is 3.37. The molecule has 0 spiro atoms. The van der Waals surface area contributed by atoms with Crippen LogP contribution in [0.15, 0.2) is 20.5 Å². The summed E-state index contributed by atoms with van der Waals surface area (Å²) >= 11 is 8.22. The second-order valence-electron chi connectivity index (χ2n) is 4.26. The van der Waals surface area contributed by atoms with Crippen molar-refractivity contribution in [1.29, 1.82) is 0 Å². The van der Waals surface area contributed by atoms with E-state index in [1.165, 1.54) is 11.3 Å². The van der Waals surface area contributed by atoms with Gasteiger partial charge in [-0.3, -0.25) is 4.79 Å². The summed E-state index contributed by atoms with van der Waals surface area (Å²) in [5, 5.41) is 5.43. The summed E-state index contributed by atoms with van der Waals surface area (Å²) in [5.74, 6) is -0.0864. The summed E-state index contributed by atoms with van der Waals surface area (Å²) < 4.78 is 3.50. The zero-order chi connectivity index (χ0) is 14.7. The molecule has 0 aliphatic heterocycles. The van der Waals surface area contributed by atoms with Gasteiger partial charge >= 0.3 is 0 Å². The van der Waals surface area contributed by atoms with E-state index in [1.54, 1.807) is 10.6 Å². The molecule has 2 rings (SSSR count). The van der Waals surface area contributed by atoms with Gasteiger partial charge < -0.3 is 15.6 Å². The number of carbonyl (C=O) groups excluding carboxylic acids is 1. The minimum Gasteiger partial charge on any atom is -0.375 e. The fraction of sp³-hybridized carbons (Fsp3) is 0.333. The average molecular weight is 459 g/mol. The van der Waals surface area contributed by atoms with Crippen molar-refractivity contribution in [3.05, 3.63) is 31.9 Å². The number of nitrogens with one attached hydrogen (secondary N) is 1. The van der Waals surface area contributed by atoms with Crippen molar-refractivity contribution >= 4 is 66.6 Å². The molecule has 3 N–H and O–H groups in total. The van der Waals surface area contributed by atoms with Crippen LogP contribution in [0.5, 0.6) is 0 Å². The Hall–Kier alpha value is -0.570.